The van der Waals surface area contributed by atoms with Crippen LogP contribution in [-0.4, -0.2) is 10.9 Å². The summed E-state index contributed by atoms with van der Waals surface area (Å²) in [4.78, 5) is 14.7. The predicted octanol–water partition coefficient (Wildman–Crippen LogP) is 3.71. The molecule has 2 aromatic rings. The third kappa shape index (κ3) is 3.72. The van der Waals surface area contributed by atoms with Crippen molar-refractivity contribution in [1.82, 2.24) is 4.98 Å². The molecule has 1 aromatic heterocycles. The highest BCUT2D eigenvalue weighted by Gasteiger charge is 2.33. The largest absolute Gasteiger partial charge is 0.433 e. The Kier molecular flexibility index (Phi) is 4.17. The molecule has 21 heavy (non-hydrogen) atoms. The SMILES string of the molecule is NC(=O)c1ccc(C(F)(F)F)nc1Nc1cccc(Br)c1. The number of halogens is 4. The van der Waals surface area contributed by atoms with Gasteiger partial charge < -0.3 is 11.1 Å². The number of nitrogens with two attached hydrogens (primary N) is 1. The van der Waals surface area contributed by atoms with Gasteiger partial charge in [-0.3, -0.25) is 4.79 Å². The number of aromatic nitrogens is 1. The Hall–Kier alpha value is -2.09. The van der Waals surface area contributed by atoms with Gasteiger partial charge in [-0.25, -0.2) is 4.98 Å². The van der Waals surface area contributed by atoms with Gasteiger partial charge in [0.25, 0.3) is 5.91 Å². The summed E-state index contributed by atoms with van der Waals surface area (Å²) in [5, 5.41) is 2.67. The summed E-state index contributed by atoms with van der Waals surface area (Å²) >= 11 is 3.24. The monoisotopic (exact) mass is 359 g/mol. The van der Waals surface area contributed by atoms with Gasteiger partial charge in [0, 0.05) is 10.2 Å². The van der Waals surface area contributed by atoms with Crippen LogP contribution in [0.25, 0.3) is 0 Å². The molecule has 0 radical (unpaired) electrons. The first-order valence-electron chi connectivity index (χ1n) is 5.68. The summed E-state index contributed by atoms with van der Waals surface area (Å²) in [5.41, 5.74) is 4.39. The molecule has 8 heteroatoms. The van der Waals surface area contributed by atoms with Crippen molar-refractivity contribution in [3.8, 4) is 0 Å². The van der Waals surface area contributed by atoms with E-state index in [1.165, 1.54) is 0 Å². The van der Waals surface area contributed by atoms with Crippen LogP contribution in [0.5, 0.6) is 0 Å². The van der Waals surface area contributed by atoms with E-state index in [0.29, 0.717) is 11.8 Å². The molecule has 3 N–H and O–H groups in total. The van der Waals surface area contributed by atoms with Crippen molar-refractivity contribution in [3.63, 3.8) is 0 Å². The number of rotatable bonds is 3. The average Bonchev–Trinajstić information content (AvgIpc) is 2.37. The average molecular weight is 360 g/mol. The Labute approximate surface area is 126 Å². The third-order valence-electron chi connectivity index (χ3n) is 2.54. The van der Waals surface area contributed by atoms with Crippen LogP contribution in [0.4, 0.5) is 24.7 Å². The first-order chi connectivity index (χ1) is 9.77. The standard InChI is InChI=1S/C13H9BrF3N3O/c14-7-2-1-3-8(6-7)19-12-9(11(18)21)4-5-10(20-12)13(15,16)17/h1-6H,(H2,18,21)(H,19,20). The summed E-state index contributed by atoms with van der Waals surface area (Å²) in [6, 6.07) is 8.40. The quantitative estimate of drug-likeness (QED) is 0.877. The molecule has 0 unspecified atom stereocenters. The van der Waals surface area contributed by atoms with E-state index in [4.69, 9.17) is 5.73 Å². The molecule has 0 aliphatic rings. The van der Waals surface area contributed by atoms with Gasteiger partial charge in [0.1, 0.15) is 11.5 Å². The number of hydrogen-bond acceptors (Lipinski definition) is 3. The molecule has 2 rings (SSSR count). The van der Waals surface area contributed by atoms with E-state index in [0.717, 1.165) is 10.5 Å². The number of alkyl halides is 3. The van der Waals surface area contributed by atoms with Crippen molar-refractivity contribution < 1.29 is 18.0 Å². The highest BCUT2D eigenvalue weighted by atomic mass is 79.9. The Balaban J connectivity index is 2.46. The maximum atomic E-state index is 12.7. The maximum absolute atomic E-state index is 12.7. The fraction of sp³-hybridized carbons (Fsp3) is 0.0769. The van der Waals surface area contributed by atoms with Gasteiger partial charge in [0.05, 0.1) is 5.56 Å². The number of pyridine rings is 1. The van der Waals surface area contributed by atoms with Gasteiger partial charge in [-0.15, -0.1) is 0 Å². The molecule has 0 atom stereocenters. The van der Waals surface area contributed by atoms with E-state index >= 15 is 0 Å². The van der Waals surface area contributed by atoms with Crippen molar-refractivity contribution >= 4 is 33.3 Å². The van der Waals surface area contributed by atoms with Gasteiger partial charge in [0.2, 0.25) is 0 Å². The van der Waals surface area contributed by atoms with E-state index in [1.54, 1.807) is 24.3 Å². The van der Waals surface area contributed by atoms with Crippen molar-refractivity contribution in [2.45, 2.75) is 6.18 Å². The minimum Gasteiger partial charge on any atom is -0.365 e. The number of nitrogens with one attached hydrogen (secondary N) is 1. The molecule has 0 saturated carbocycles. The molecular formula is C13H9BrF3N3O. The van der Waals surface area contributed by atoms with Gasteiger partial charge in [0.15, 0.2) is 0 Å². The molecule has 1 aromatic carbocycles. The zero-order chi connectivity index (χ0) is 15.6. The number of carbonyl (C=O) groups is 1. The third-order valence-corrected chi connectivity index (χ3v) is 3.03. The fourth-order valence-corrected chi connectivity index (χ4v) is 2.01. The Morgan fingerprint density at radius 2 is 1.95 bits per heavy atom. The number of amides is 1. The second-order valence-corrected chi connectivity index (χ2v) is 5.01. The lowest BCUT2D eigenvalue weighted by Gasteiger charge is -2.12. The van der Waals surface area contributed by atoms with Gasteiger partial charge in [-0.1, -0.05) is 22.0 Å². The zero-order valence-electron chi connectivity index (χ0n) is 10.4. The smallest absolute Gasteiger partial charge is 0.365 e. The molecular weight excluding hydrogens is 351 g/mol. The highest BCUT2D eigenvalue weighted by molar-refractivity contribution is 9.10. The van der Waals surface area contributed by atoms with Crippen molar-refractivity contribution in [1.29, 1.82) is 0 Å². The molecule has 4 nitrogen and oxygen atoms in total. The zero-order valence-corrected chi connectivity index (χ0v) is 12.0. The van der Waals surface area contributed by atoms with Crippen molar-refractivity contribution in [2.75, 3.05) is 5.32 Å². The second-order valence-electron chi connectivity index (χ2n) is 4.09. The first-order valence-corrected chi connectivity index (χ1v) is 6.47. The number of benzene rings is 1. The van der Waals surface area contributed by atoms with Crippen LogP contribution in [-0.2, 0) is 6.18 Å². The van der Waals surface area contributed by atoms with Crippen LogP contribution in [0.15, 0.2) is 40.9 Å². The summed E-state index contributed by atoms with van der Waals surface area (Å²) in [6.45, 7) is 0. The van der Waals surface area contributed by atoms with E-state index in [1.807, 2.05) is 0 Å². The van der Waals surface area contributed by atoms with Gasteiger partial charge in [-0.05, 0) is 30.3 Å². The maximum Gasteiger partial charge on any atom is 0.433 e. The number of hydrogen-bond donors (Lipinski definition) is 2. The molecule has 0 spiro atoms. The lowest BCUT2D eigenvalue weighted by atomic mass is 10.2. The summed E-state index contributed by atoms with van der Waals surface area (Å²) in [6.07, 6.45) is -4.61. The van der Waals surface area contributed by atoms with Crippen molar-refractivity contribution in [3.05, 3.63) is 52.1 Å². The molecule has 1 heterocycles. The molecule has 0 fully saturated rings. The minimum atomic E-state index is -4.61. The van der Waals surface area contributed by atoms with Crippen LogP contribution in [0.3, 0.4) is 0 Å². The Bertz CT molecular complexity index is 689. The van der Waals surface area contributed by atoms with Crippen LogP contribution < -0.4 is 11.1 Å². The Morgan fingerprint density at radius 3 is 2.52 bits per heavy atom. The van der Waals surface area contributed by atoms with Crippen LogP contribution >= 0.6 is 15.9 Å². The lowest BCUT2D eigenvalue weighted by Crippen LogP contribution is -2.17. The summed E-state index contributed by atoms with van der Waals surface area (Å²) in [5.74, 6) is -1.11. The van der Waals surface area contributed by atoms with Crippen molar-refractivity contribution in [2.24, 2.45) is 5.73 Å². The molecule has 110 valence electrons. The van der Waals surface area contributed by atoms with Crippen LogP contribution in [0.2, 0.25) is 0 Å². The van der Waals surface area contributed by atoms with Gasteiger partial charge in [-0.2, -0.15) is 13.2 Å². The van der Waals surface area contributed by atoms with Gasteiger partial charge >= 0.3 is 6.18 Å². The molecule has 0 saturated heterocycles. The molecule has 0 bridgehead atoms. The first kappa shape index (κ1) is 15.3. The van der Waals surface area contributed by atoms with E-state index in [-0.39, 0.29) is 11.4 Å². The highest BCUT2D eigenvalue weighted by Crippen LogP contribution is 2.30. The molecule has 0 aliphatic carbocycles. The number of nitrogens with zero attached hydrogens (tertiary/aromatic N) is 1. The Morgan fingerprint density at radius 1 is 1.24 bits per heavy atom. The number of primary amides is 1. The number of anilines is 2. The van der Waals surface area contributed by atoms with Crippen LogP contribution in [0, 0.1) is 0 Å². The topological polar surface area (TPSA) is 68.0 Å². The summed E-state index contributed by atoms with van der Waals surface area (Å²) < 4.78 is 38.8. The normalized spacial score (nSPS) is 11.2. The lowest BCUT2D eigenvalue weighted by molar-refractivity contribution is -0.141. The van der Waals surface area contributed by atoms with E-state index < -0.39 is 17.8 Å². The minimum absolute atomic E-state index is 0.122. The number of carbonyl (C=O) groups excluding carboxylic acids is 1. The fourth-order valence-electron chi connectivity index (χ4n) is 1.61. The molecule has 1 amide bonds. The summed E-state index contributed by atoms with van der Waals surface area (Å²) in [7, 11) is 0. The molecule has 0 aliphatic heterocycles. The van der Waals surface area contributed by atoms with E-state index in [9.17, 15) is 18.0 Å². The van der Waals surface area contributed by atoms with Crippen LogP contribution in [0.1, 0.15) is 16.1 Å². The predicted molar refractivity (Wildman–Crippen MR) is 75.2 cm³/mol. The van der Waals surface area contributed by atoms with E-state index in [2.05, 4.69) is 26.2 Å². The second kappa shape index (κ2) is 5.72.